The fourth-order valence-corrected chi connectivity index (χ4v) is 1.43. The molecule has 0 aliphatic carbocycles. The van der Waals surface area contributed by atoms with Crippen molar-refractivity contribution >= 4 is 22.4 Å². The number of guanidine groups is 1. The van der Waals surface area contributed by atoms with Crippen LogP contribution >= 0.6 is 0 Å². The molecule has 0 bridgehead atoms. The molecule has 1 heterocycles. The lowest BCUT2D eigenvalue weighted by Gasteiger charge is -2.07. The van der Waals surface area contributed by atoms with Gasteiger partial charge in [0.25, 0.3) is 0 Å². The van der Waals surface area contributed by atoms with Crippen LogP contribution in [0.1, 0.15) is 0 Å². The number of fused-ring (bicyclic) bond motifs is 1. The van der Waals surface area contributed by atoms with E-state index in [4.69, 9.17) is 5.73 Å². The van der Waals surface area contributed by atoms with E-state index in [9.17, 15) is 0 Å². The topological polar surface area (TPSA) is 63.3 Å². The van der Waals surface area contributed by atoms with E-state index in [0.29, 0.717) is 5.96 Å². The average Bonchev–Trinajstić information content (AvgIpc) is 2.29. The zero-order valence-electron chi connectivity index (χ0n) is 8.44. The molecular weight excluding hydrogens is 188 g/mol. The summed E-state index contributed by atoms with van der Waals surface area (Å²) < 4.78 is 0. The number of anilines is 1. The Morgan fingerprint density at radius 3 is 3.07 bits per heavy atom. The Kier molecular flexibility index (Phi) is 2.49. The molecule has 0 fully saturated rings. The molecule has 1 aromatic heterocycles. The fraction of sp³-hybridized carbons (Fsp3) is 0.0909. The van der Waals surface area contributed by atoms with Gasteiger partial charge in [-0.1, -0.05) is 12.1 Å². The number of hydrogen-bond acceptors (Lipinski definition) is 2. The zero-order valence-corrected chi connectivity index (χ0v) is 8.44. The molecule has 2 rings (SSSR count). The Balaban J connectivity index is 2.51. The number of benzene rings is 1. The van der Waals surface area contributed by atoms with Gasteiger partial charge in [-0.15, -0.1) is 0 Å². The van der Waals surface area contributed by atoms with Crippen molar-refractivity contribution in [1.29, 1.82) is 0 Å². The molecule has 0 aliphatic heterocycles. The van der Waals surface area contributed by atoms with Crippen LogP contribution in [0.3, 0.4) is 0 Å². The van der Waals surface area contributed by atoms with E-state index in [1.165, 1.54) is 0 Å². The van der Waals surface area contributed by atoms with Crippen molar-refractivity contribution < 1.29 is 0 Å². The maximum atomic E-state index is 5.62. The lowest BCUT2D eigenvalue weighted by Crippen LogP contribution is -2.22. The largest absolute Gasteiger partial charge is 0.370 e. The lowest BCUT2D eigenvalue weighted by molar-refractivity contribution is 1.36. The number of nitrogens with one attached hydrogen (secondary N) is 1. The number of nitrogens with two attached hydrogens (primary N) is 1. The Hall–Kier alpha value is -2.10. The monoisotopic (exact) mass is 200 g/mol. The van der Waals surface area contributed by atoms with E-state index in [1.807, 2.05) is 30.5 Å². The highest BCUT2D eigenvalue weighted by molar-refractivity contribution is 6.02. The third-order valence-corrected chi connectivity index (χ3v) is 2.18. The highest BCUT2D eigenvalue weighted by atomic mass is 15.1. The van der Waals surface area contributed by atoms with Gasteiger partial charge in [-0.3, -0.25) is 9.98 Å². The van der Waals surface area contributed by atoms with Crippen molar-refractivity contribution in [1.82, 2.24) is 4.98 Å². The summed E-state index contributed by atoms with van der Waals surface area (Å²) in [5.41, 5.74) is 6.56. The zero-order chi connectivity index (χ0) is 10.7. The van der Waals surface area contributed by atoms with E-state index in [1.54, 1.807) is 13.2 Å². The minimum absolute atomic E-state index is 0.402. The minimum Gasteiger partial charge on any atom is -0.370 e. The minimum atomic E-state index is 0.402. The van der Waals surface area contributed by atoms with Crippen molar-refractivity contribution in [3.8, 4) is 0 Å². The van der Waals surface area contributed by atoms with Gasteiger partial charge in [0.2, 0.25) is 0 Å². The Labute approximate surface area is 87.8 Å². The SMILES string of the molecule is CN=C(N)Nc1cccc2cnccc12. The van der Waals surface area contributed by atoms with Gasteiger partial charge in [0, 0.05) is 35.9 Å². The van der Waals surface area contributed by atoms with Crippen LogP contribution < -0.4 is 11.1 Å². The molecule has 0 radical (unpaired) electrons. The van der Waals surface area contributed by atoms with Gasteiger partial charge in [0.1, 0.15) is 0 Å². The third kappa shape index (κ3) is 1.88. The van der Waals surface area contributed by atoms with Gasteiger partial charge >= 0.3 is 0 Å². The third-order valence-electron chi connectivity index (χ3n) is 2.18. The number of hydrogen-bond donors (Lipinski definition) is 2. The predicted octanol–water partition coefficient (Wildman–Crippen LogP) is 1.59. The summed E-state index contributed by atoms with van der Waals surface area (Å²) >= 11 is 0. The second-order valence-corrected chi connectivity index (χ2v) is 3.14. The van der Waals surface area contributed by atoms with Crippen LogP contribution in [0.25, 0.3) is 10.8 Å². The first-order valence-corrected chi connectivity index (χ1v) is 4.63. The summed E-state index contributed by atoms with van der Waals surface area (Å²) in [6.07, 6.45) is 3.58. The van der Waals surface area contributed by atoms with Crippen molar-refractivity contribution in [3.05, 3.63) is 36.7 Å². The highest BCUT2D eigenvalue weighted by Gasteiger charge is 2.00. The molecule has 0 unspecified atom stereocenters. The van der Waals surface area contributed by atoms with Gasteiger partial charge in [0.15, 0.2) is 5.96 Å². The average molecular weight is 200 g/mol. The van der Waals surface area contributed by atoms with E-state index in [-0.39, 0.29) is 0 Å². The van der Waals surface area contributed by atoms with Crippen LogP contribution in [0.4, 0.5) is 5.69 Å². The van der Waals surface area contributed by atoms with Crippen molar-refractivity contribution in [2.45, 2.75) is 0 Å². The first kappa shape index (κ1) is 9.45. The molecule has 0 aliphatic rings. The number of aliphatic imine (C=N–C) groups is 1. The molecular formula is C11H12N4. The summed E-state index contributed by atoms with van der Waals surface area (Å²) in [5.74, 6) is 0.402. The maximum absolute atomic E-state index is 5.62. The molecule has 2 aromatic rings. The second-order valence-electron chi connectivity index (χ2n) is 3.14. The number of rotatable bonds is 1. The Morgan fingerprint density at radius 1 is 1.40 bits per heavy atom. The van der Waals surface area contributed by atoms with Crippen LogP contribution in [0.2, 0.25) is 0 Å². The van der Waals surface area contributed by atoms with Crippen LogP contribution in [-0.2, 0) is 0 Å². The quantitative estimate of drug-likeness (QED) is 0.542. The van der Waals surface area contributed by atoms with Crippen molar-refractivity contribution in [2.24, 2.45) is 10.7 Å². The summed E-state index contributed by atoms with van der Waals surface area (Å²) in [5, 5.41) is 5.19. The highest BCUT2D eigenvalue weighted by Crippen LogP contribution is 2.21. The Morgan fingerprint density at radius 2 is 2.27 bits per heavy atom. The van der Waals surface area contributed by atoms with Crippen molar-refractivity contribution in [3.63, 3.8) is 0 Å². The first-order chi connectivity index (χ1) is 7.31. The lowest BCUT2D eigenvalue weighted by atomic mass is 10.1. The molecule has 0 saturated heterocycles. The standard InChI is InChI=1S/C11H12N4/c1-13-11(12)15-10-4-2-3-8-7-14-6-5-9(8)10/h2-7H,1H3,(H3,12,13,15). The van der Waals surface area contributed by atoms with Crippen LogP contribution in [0.5, 0.6) is 0 Å². The molecule has 4 nitrogen and oxygen atoms in total. The molecule has 15 heavy (non-hydrogen) atoms. The molecule has 3 N–H and O–H groups in total. The Bertz CT molecular complexity index is 499. The van der Waals surface area contributed by atoms with E-state index >= 15 is 0 Å². The van der Waals surface area contributed by atoms with Gasteiger partial charge < -0.3 is 11.1 Å². The summed E-state index contributed by atoms with van der Waals surface area (Å²) in [7, 11) is 1.65. The summed E-state index contributed by atoms with van der Waals surface area (Å²) in [4.78, 5) is 7.92. The van der Waals surface area contributed by atoms with Crippen LogP contribution in [0.15, 0.2) is 41.7 Å². The molecule has 0 amide bonds. The molecule has 0 spiro atoms. The van der Waals surface area contributed by atoms with E-state index in [2.05, 4.69) is 15.3 Å². The van der Waals surface area contributed by atoms with Crippen LogP contribution in [-0.4, -0.2) is 18.0 Å². The number of nitrogens with zero attached hydrogens (tertiary/aromatic N) is 2. The normalized spacial score (nSPS) is 11.7. The number of pyridine rings is 1. The summed E-state index contributed by atoms with van der Waals surface area (Å²) in [6.45, 7) is 0. The van der Waals surface area contributed by atoms with E-state index in [0.717, 1.165) is 16.5 Å². The molecule has 0 saturated carbocycles. The second kappa shape index (κ2) is 3.96. The first-order valence-electron chi connectivity index (χ1n) is 4.63. The maximum Gasteiger partial charge on any atom is 0.192 e. The van der Waals surface area contributed by atoms with E-state index < -0.39 is 0 Å². The fourth-order valence-electron chi connectivity index (χ4n) is 1.43. The molecule has 76 valence electrons. The smallest absolute Gasteiger partial charge is 0.192 e. The van der Waals surface area contributed by atoms with Crippen molar-refractivity contribution in [2.75, 3.05) is 12.4 Å². The number of aromatic nitrogens is 1. The van der Waals surface area contributed by atoms with Gasteiger partial charge in [-0.2, -0.15) is 0 Å². The molecule has 1 aromatic carbocycles. The van der Waals surface area contributed by atoms with Crippen LogP contribution in [0, 0.1) is 0 Å². The molecule has 4 heteroatoms. The predicted molar refractivity (Wildman–Crippen MR) is 62.9 cm³/mol. The summed E-state index contributed by atoms with van der Waals surface area (Å²) in [6, 6.07) is 7.86. The van der Waals surface area contributed by atoms with Gasteiger partial charge in [-0.25, -0.2) is 0 Å². The van der Waals surface area contributed by atoms with Gasteiger partial charge in [-0.05, 0) is 12.1 Å². The van der Waals surface area contributed by atoms with Gasteiger partial charge in [0.05, 0.1) is 0 Å². The molecule has 0 atom stereocenters.